The molecule has 1 atom stereocenters. The van der Waals surface area contributed by atoms with Gasteiger partial charge in [-0.05, 0) is 32.1 Å². The molecule has 4 rings (SSSR count). The summed E-state index contributed by atoms with van der Waals surface area (Å²) in [6.07, 6.45) is 10.9. The molecule has 1 aliphatic heterocycles. The van der Waals surface area contributed by atoms with E-state index in [2.05, 4.69) is 19.7 Å². The first-order valence-electron chi connectivity index (χ1n) is 7.66. The summed E-state index contributed by atoms with van der Waals surface area (Å²) in [6.45, 7) is 1.57. The number of carbonyl (C=O) groups excluding carboxylic acids is 1. The molecule has 1 fully saturated rings. The van der Waals surface area contributed by atoms with Crippen LogP contribution in [-0.2, 0) is 12.8 Å². The summed E-state index contributed by atoms with van der Waals surface area (Å²) in [6, 6.07) is 0.331. The number of rotatable bonds is 2. The summed E-state index contributed by atoms with van der Waals surface area (Å²) in [5.74, 6) is 0.0826. The standard InChI is InChI=1S/C15H19N5O/c21-15(14-12-4-1-5-13(12)17-18-14)19-7-2-3-11(9-19)20-8-6-16-10-20/h6,8,10-11H,1-5,7,9H2,(H,17,18). The van der Waals surface area contributed by atoms with Crippen LogP contribution in [0.5, 0.6) is 0 Å². The largest absolute Gasteiger partial charge is 0.335 e. The van der Waals surface area contributed by atoms with Gasteiger partial charge in [0.05, 0.1) is 12.4 Å². The molecule has 1 N–H and O–H groups in total. The maximum absolute atomic E-state index is 12.8. The molecular weight excluding hydrogens is 266 g/mol. The van der Waals surface area contributed by atoms with Crippen molar-refractivity contribution in [1.82, 2.24) is 24.6 Å². The van der Waals surface area contributed by atoms with E-state index in [4.69, 9.17) is 0 Å². The van der Waals surface area contributed by atoms with Crippen molar-refractivity contribution < 1.29 is 4.79 Å². The van der Waals surface area contributed by atoms with Crippen molar-refractivity contribution in [3.8, 4) is 0 Å². The van der Waals surface area contributed by atoms with Crippen molar-refractivity contribution in [2.45, 2.75) is 38.1 Å². The second-order valence-corrected chi connectivity index (χ2v) is 5.94. The molecule has 0 radical (unpaired) electrons. The van der Waals surface area contributed by atoms with Crippen molar-refractivity contribution >= 4 is 5.91 Å². The number of nitrogens with one attached hydrogen (secondary N) is 1. The number of amides is 1. The van der Waals surface area contributed by atoms with Gasteiger partial charge in [-0.1, -0.05) is 0 Å². The van der Waals surface area contributed by atoms with Crippen molar-refractivity contribution in [2.24, 2.45) is 0 Å². The van der Waals surface area contributed by atoms with E-state index in [1.807, 2.05) is 17.4 Å². The number of imidazole rings is 1. The van der Waals surface area contributed by atoms with Gasteiger partial charge in [0.1, 0.15) is 0 Å². The number of hydrogen-bond acceptors (Lipinski definition) is 3. The Bertz CT molecular complexity index is 645. The van der Waals surface area contributed by atoms with Crippen molar-refractivity contribution in [3.05, 3.63) is 35.7 Å². The molecular formula is C15H19N5O. The smallest absolute Gasteiger partial charge is 0.274 e. The lowest BCUT2D eigenvalue weighted by Gasteiger charge is -2.33. The maximum Gasteiger partial charge on any atom is 0.274 e. The Labute approximate surface area is 123 Å². The Hall–Kier alpha value is -2.11. The molecule has 0 saturated carbocycles. The highest BCUT2D eigenvalue weighted by Gasteiger charge is 2.30. The van der Waals surface area contributed by atoms with Gasteiger partial charge in [0.25, 0.3) is 5.91 Å². The quantitative estimate of drug-likeness (QED) is 0.911. The second-order valence-electron chi connectivity index (χ2n) is 5.94. The molecule has 21 heavy (non-hydrogen) atoms. The first kappa shape index (κ1) is 12.6. The van der Waals surface area contributed by atoms with Crippen LogP contribution in [0.4, 0.5) is 0 Å². The Kier molecular flexibility index (Phi) is 3.02. The van der Waals surface area contributed by atoms with Crippen molar-refractivity contribution in [1.29, 1.82) is 0 Å². The number of carbonyl (C=O) groups is 1. The zero-order valence-electron chi connectivity index (χ0n) is 12.0. The zero-order valence-corrected chi connectivity index (χ0v) is 12.0. The summed E-state index contributed by atoms with van der Waals surface area (Å²) < 4.78 is 2.11. The molecule has 1 aliphatic carbocycles. The number of aromatic nitrogens is 4. The zero-order chi connectivity index (χ0) is 14.2. The van der Waals surface area contributed by atoms with Crippen LogP contribution >= 0.6 is 0 Å². The Morgan fingerprint density at radius 1 is 1.33 bits per heavy atom. The van der Waals surface area contributed by atoms with Crippen LogP contribution < -0.4 is 0 Å². The van der Waals surface area contributed by atoms with Gasteiger partial charge in [0.15, 0.2) is 5.69 Å². The van der Waals surface area contributed by atoms with Gasteiger partial charge in [0.2, 0.25) is 0 Å². The molecule has 0 bridgehead atoms. The van der Waals surface area contributed by atoms with Crippen molar-refractivity contribution in [3.63, 3.8) is 0 Å². The normalized spacial score (nSPS) is 21.5. The molecule has 110 valence electrons. The highest BCUT2D eigenvalue weighted by atomic mass is 16.2. The van der Waals surface area contributed by atoms with Gasteiger partial charge in [-0.15, -0.1) is 0 Å². The fraction of sp³-hybridized carbons (Fsp3) is 0.533. The van der Waals surface area contributed by atoms with Gasteiger partial charge in [-0.25, -0.2) is 4.98 Å². The lowest BCUT2D eigenvalue weighted by molar-refractivity contribution is 0.0672. The summed E-state index contributed by atoms with van der Waals surface area (Å²) >= 11 is 0. The van der Waals surface area contributed by atoms with Crippen LogP contribution in [0.1, 0.15) is 47.1 Å². The van der Waals surface area contributed by atoms with E-state index in [0.29, 0.717) is 11.7 Å². The van der Waals surface area contributed by atoms with Gasteiger partial charge in [0, 0.05) is 36.7 Å². The van der Waals surface area contributed by atoms with E-state index in [1.54, 1.807) is 6.20 Å². The Morgan fingerprint density at radius 3 is 3.14 bits per heavy atom. The number of likely N-dealkylation sites (tertiary alicyclic amines) is 1. The molecule has 2 aliphatic rings. The van der Waals surface area contributed by atoms with Crippen LogP contribution in [0.15, 0.2) is 18.7 Å². The number of aromatic amines is 1. The molecule has 6 heteroatoms. The number of aryl methyl sites for hydroxylation is 1. The fourth-order valence-electron chi connectivity index (χ4n) is 3.51. The van der Waals surface area contributed by atoms with Gasteiger partial charge >= 0.3 is 0 Å². The SMILES string of the molecule is O=C(c1n[nH]c2c1CCC2)N1CCCC(n2ccnc2)C1. The number of nitrogens with zero attached hydrogens (tertiary/aromatic N) is 4. The Balaban J connectivity index is 1.54. The van der Waals surface area contributed by atoms with E-state index >= 15 is 0 Å². The summed E-state index contributed by atoms with van der Waals surface area (Å²) in [7, 11) is 0. The lowest BCUT2D eigenvalue weighted by Crippen LogP contribution is -2.41. The third-order valence-electron chi connectivity index (χ3n) is 4.64. The first-order valence-corrected chi connectivity index (χ1v) is 7.66. The minimum Gasteiger partial charge on any atom is -0.335 e. The minimum absolute atomic E-state index is 0.0826. The van der Waals surface area contributed by atoms with E-state index in [-0.39, 0.29) is 5.91 Å². The molecule has 2 aromatic rings. The number of fused-ring (bicyclic) bond motifs is 1. The Morgan fingerprint density at radius 2 is 2.29 bits per heavy atom. The third kappa shape index (κ3) is 2.14. The van der Waals surface area contributed by atoms with Gasteiger partial charge < -0.3 is 9.47 Å². The molecule has 3 heterocycles. The monoisotopic (exact) mass is 285 g/mol. The predicted octanol–water partition coefficient (Wildman–Crippen LogP) is 1.57. The highest BCUT2D eigenvalue weighted by molar-refractivity contribution is 5.94. The van der Waals surface area contributed by atoms with E-state index in [9.17, 15) is 4.79 Å². The molecule has 2 aromatic heterocycles. The average Bonchev–Trinajstić information content (AvgIpc) is 3.23. The fourth-order valence-corrected chi connectivity index (χ4v) is 3.51. The highest BCUT2D eigenvalue weighted by Crippen LogP contribution is 2.26. The summed E-state index contributed by atoms with van der Waals surface area (Å²) in [5.41, 5.74) is 2.94. The van der Waals surface area contributed by atoms with Crippen molar-refractivity contribution in [2.75, 3.05) is 13.1 Å². The third-order valence-corrected chi connectivity index (χ3v) is 4.64. The van der Waals surface area contributed by atoms with E-state index in [0.717, 1.165) is 56.5 Å². The molecule has 1 unspecified atom stereocenters. The predicted molar refractivity (Wildman–Crippen MR) is 77.0 cm³/mol. The van der Waals surface area contributed by atoms with Crippen LogP contribution in [0.25, 0.3) is 0 Å². The molecule has 6 nitrogen and oxygen atoms in total. The van der Waals surface area contributed by atoms with Crippen LogP contribution in [0.3, 0.4) is 0 Å². The first-order chi connectivity index (χ1) is 10.3. The summed E-state index contributed by atoms with van der Waals surface area (Å²) in [4.78, 5) is 18.8. The van der Waals surface area contributed by atoms with Gasteiger partial charge in [-0.2, -0.15) is 5.10 Å². The summed E-state index contributed by atoms with van der Waals surface area (Å²) in [5, 5.41) is 7.30. The molecule has 1 saturated heterocycles. The number of hydrogen-bond donors (Lipinski definition) is 1. The molecule has 0 spiro atoms. The van der Waals surface area contributed by atoms with Crippen LogP contribution in [-0.4, -0.2) is 43.6 Å². The number of piperidine rings is 1. The van der Waals surface area contributed by atoms with Gasteiger partial charge in [-0.3, -0.25) is 9.89 Å². The molecule has 0 aromatic carbocycles. The molecule has 1 amide bonds. The average molecular weight is 285 g/mol. The lowest BCUT2D eigenvalue weighted by atomic mass is 10.0. The van der Waals surface area contributed by atoms with Crippen LogP contribution in [0, 0.1) is 0 Å². The van der Waals surface area contributed by atoms with E-state index < -0.39 is 0 Å². The topological polar surface area (TPSA) is 66.8 Å². The number of H-pyrrole nitrogens is 1. The maximum atomic E-state index is 12.8. The minimum atomic E-state index is 0.0826. The second kappa shape index (κ2) is 5.02. The van der Waals surface area contributed by atoms with E-state index in [1.165, 1.54) is 0 Å². The van der Waals surface area contributed by atoms with Crippen LogP contribution in [0.2, 0.25) is 0 Å².